The maximum atomic E-state index is 13.5. The minimum Gasteiger partial charge on any atom is -0.330 e. The van der Waals surface area contributed by atoms with Crippen molar-refractivity contribution in [2.75, 3.05) is 24.5 Å². The van der Waals surface area contributed by atoms with Gasteiger partial charge in [-0.25, -0.2) is 0 Å². The van der Waals surface area contributed by atoms with Crippen molar-refractivity contribution in [1.82, 2.24) is 15.8 Å². The van der Waals surface area contributed by atoms with E-state index in [1.165, 1.54) is 22.7 Å². The molecule has 45 heavy (non-hydrogen) atoms. The molecular weight excluding hydrogens is 562 g/mol. The van der Waals surface area contributed by atoms with E-state index in [4.69, 9.17) is 5.73 Å². The van der Waals surface area contributed by atoms with E-state index in [2.05, 4.69) is 36.7 Å². The first-order valence-corrected chi connectivity index (χ1v) is 16.0. The summed E-state index contributed by atoms with van der Waals surface area (Å²) < 4.78 is 0. The van der Waals surface area contributed by atoms with Gasteiger partial charge in [0.2, 0.25) is 0 Å². The van der Waals surface area contributed by atoms with Gasteiger partial charge in [-0.1, -0.05) is 92.2 Å². The number of carbonyl (C=O) groups is 3. The van der Waals surface area contributed by atoms with Gasteiger partial charge in [-0.3, -0.25) is 24.8 Å². The molecule has 3 aromatic carbocycles. The Bertz CT molecular complexity index is 1340. The third-order valence-corrected chi connectivity index (χ3v) is 7.41. The first-order valence-electron chi connectivity index (χ1n) is 16.0. The minimum absolute atomic E-state index is 0.269. The number of amides is 3. The lowest BCUT2D eigenvalue weighted by atomic mass is 10.0. The topological polar surface area (TPSA) is 108 Å². The highest BCUT2D eigenvalue weighted by Crippen LogP contribution is 2.19. The van der Waals surface area contributed by atoms with E-state index in [0.717, 1.165) is 29.7 Å². The van der Waals surface area contributed by atoms with Gasteiger partial charge in [0, 0.05) is 24.4 Å². The number of hydrogen-bond donors (Lipinski definition) is 3. The highest BCUT2D eigenvalue weighted by atomic mass is 16.2. The first-order chi connectivity index (χ1) is 21.8. The molecule has 0 aliphatic heterocycles. The Balaban J connectivity index is 1.69. The summed E-state index contributed by atoms with van der Waals surface area (Å²) in [5.74, 6) is -0.792. The summed E-state index contributed by atoms with van der Waals surface area (Å²) in [7, 11) is 0. The molecular formula is C37H49N5O3. The van der Waals surface area contributed by atoms with Crippen molar-refractivity contribution in [1.29, 1.82) is 0 Å². The molecule has 3 rings (SSSR count). The smallest absolute Gasteiger partial charge is 0.265 e. The normalized spacial score (nSPS) is 11.8. The highest BCUT2D eigenvalue weighted by molar-refractivity contribution is 6.05. The Morgan fingerprint density at radius 3 is 2.04 bits per heavy atom. The molecule has 0 saturated heterocycles. The summed E-state index contributed by atoms with van der Waals surface area (Å²) in [6, 6.07) is 27.2. The molecule has 1 unspecified atom stereocenters. The van der Waals surface area contributed by atoms with Crippen LogP contribution in [0, 0.1) is 12.8 Å². The SMILES string of the molecule is Cc1ccc(N(Cc2ccccc2)C(=O)/C=C/C(=O)N(CCCCN)NC(=O)C(CC(C)C)NCCCc2ccccc2)cc1. The van der Waals surface area contributed by atoms with Crippen molar-refractivity contribution in [3.8, 4) is 0 Å². The molecule has 1 atom stereocenters. The molecule has 0 radical (unpaired) electrons. The van der Waals surface area contributed by atoms with Crippen molar-refractivity contribution >= 4 is 23.4 Å². The van der Waals surface area contributed by atoms with Crippen molar-refractivity contribution in [3.05, 3.63) is 114 Å². The van der Waals surface area contributed by atoms with Crippen molar-refractivity contribution < 1.29 is 14.4 Å². The van der Waals surface area contributed by atoms with Crippen LogP contribution in [0.15, 0.2) is 97.1 Å². The number of hydrazine groups is 1. The zero-order chi connectivity index (χ0) is 32.4. The Hall–Kier alpha value is -4.27. The molecule has 0 aliphatic carbocycles. The lowest BCUT2D eigenvalue weighted by Crippen LogP contribution is -2.53. The lowest BCUT2D eigenvalue weighted by Gasteiger charge is -2.27. The Morgan fingerprint density at radius 2 is 1.42 bits per heavy atom. The average molecular weight is 612 g/mol. The predicted octanol–water partition coefficient (Wildman–Crippen LogP) is 5.32. The maximum Gasteiger partial charge on any atom is 0.265 e. The van der Waals surface area contributed by atoms with E-state index < -0.39 is 11.9 Å². The standard InChI is InChI=1S/C37H49N5O3/c1-29(2)27-34(39-25-12-17-31-13-6-4-7-14-31)37(45)40-42(26-11-10-24-38)36(44)23-22-35(43)41(28-32-15-8-5-9-16-32)33-20-18-30(3)19-21-33/h4-9,13-16,18-23,29,34,39H,10-12,17,24-28,38H2,1-3H3,(H,40,45)/b23-22+. The average Bonchev–Trinajstić information content (AvgIpc) is 3.04. The minimum atomic E-state index is -0.468. The fourth-order valence-electron chi connectivity index (χ4n) is 4.92. The number of nitrogens with one attached hydrogen (secondary N) is 2. The molecule has 0 heterocycles. The van der Waals surface area contributed by atoms with Gasteiger partial charge in [0.05, 0.1) is 12.6 Å². The summed E-state index contributed by atoms with van der Waals surface area (Å²) >= 11 is 0. The molecule has 0 fully saturated rings. The van der Waals surface area contributed by atoms with Gasteiger partial charge in [0.25, 0.3) is 17.7 Å². The number of nitrogens with two attached hydrogens (primary N) is 1. The molecule has 0 saturated carbocycles. The fourth-order valence-corrected chi connectivity index (χ4v) is 4.92. The van der Waals surface area contributed by atoms with Gasteiger partial charge in [0.1, 0.15) is 0 Å². The number of nitrogens with zero attached hydrogens (tertiary/aromatic N) is 2. The monoisotopic (exact) mass is 611 g/mol. The summed E-state index contributed by atoms with van der Waals surface area (Å²) in [6.07, 6.45) is 6.26. The molecule has 3 aromatic rings. The number of aryl methyl sites for hydroxylation is 2. The van der Waals surface area contributed by atoms with Crippen LogP contribution in [-0.2, 0) is 27.3 Å². The Labute approximate surface area is 268 Å². The van der Waals surface area contributed by atoms with Crippen LogP contribution >= 0.6 is 0 Å². The zero-order valence-electron chi connectivity index (χ0n) is 27.0. The van der Waals surface area contributed by atoms with E-state index in [1.54, 1.807) is 4.90 Å². The van der Waals surface area contributed by atoms with Crippen LogP contribution in [0.25, 0.3) is 0 Å². The molecule has 8 heteroatoms. The Kier molecular flexibility index (Phi) is 15.0. The third kappa shape index (κ3) is 12.7. The van der Waals surface area contributed by atoms with Gasteiger partial charge >= 0.3 is 0 Å². The van der Waals surface area contributed by atoms with Gasteiger partial charge < -0.3 is 16.0 Å². The zero-order valence-corrected chi connectivity index (χ0v) is 27.0. The van der Waals surface area contributed by atoms with Gasteiger partial charge in [-0.2, -0.15) is 0 Å². The van der Waals surface area contributed by atoms with Gasteiger partial charge in [-0.15, -0.1) is 0 Å². The number of rotatable bonds is 17. The van der Waals surface area contributed by atoms with Crippen molar-refractivity contribution in [3.63, 3.8) is 0 Å². The fraction of sp³-hybridized carbons (Fsp3) is 0.378. The van der Waals surface area contributed by atoms with Crippen molar-refractivity contribution in [2.24, 2.45) is 11.7 Å². The van der Waals surface area contributed by atoms with Crippen LogP contribution < -0.4 is 21.4 Å². The number of hydrogen-bond acceptors (Lipinski definition) is 5. The summed E-state index contributed by atoms with van der Waals surface area (Å²) in [6.45, 7) is 7.92. The third-order valence-electron chi connectivity index (χ3n) is 7.41. The van der Waals surface area contributed by atoms with E-state index in [1.807, 2.05) is 79.7 Å². The van der Waals surface area contributed by atoms with Crippen LogP contribution in [0.5, 0.6) is 0 Å². The second-order valence-electron chi connectivity index (χ2n) is 11.8. The largest absolute Gasteiger partial charge is 0.330 e. The highest BCUT2D eigenvalue weighted by Gasteiger charge is 2.23. The van der Waals surface area contributed by atoms with Crippen molar-refractivity contribution in [2.45, 2.75) is 65.5 Å². The van der Waals surface area contributed by atoms with Crippen LogP contribution in [-0.4, -0.2) is 48.4 Å². The number of benzene rings is 3. The summed E-state index contributed by atoms with van der Waals surface area (Å²) in [5.41, 5.74) is 12.6. The van der Waals surface area contributed by atoms with Crippen LogP contribution in [0.2, 0.25) is 0 Å². The molecule has 0 aliphatic rings. The summed E-state index contributed by atoms with van der Waals surface area (Å²) in [5, 5.41) is 4.69. The second kappa shape index (κ2) is 19.2. The van der Waals surface area contributed by atoms with E-state index >= 15 is 0 Å². The number of carbonyl (C=O) groups excluding carboxylic acids is 3. The Morgan fingerprint density at radius 1 is 0.800 bits per heavy atom. The molecule has 0 bridgehead atoms. The van der Waals surface area contributed by atoms with Crippen LogP contribution in [0.1, 0.15) is 56.2 Å². The van der Waals surface area contributed by atoms with Crippen LogP contribution in [0.3, 0.4) is 0 Å². The van der Waals surface area contributed by atoms with E-state index in [0.29, 0.717) is 38.9 Å². The predicted molar refractivity (Wildman–Crippen MR) is 182 cm³/mol. The molecule has 240 valence electrons. The van der Waals surface area contributed by atoms with E-state index in [9.17, 15) is 14.4 Å². The number of anilines is 1. The molecule has 0 spiro atoms. The number of unbranched alkanes of at least 4 members (excludes halogenated alkanes) is 1. The van der Waals surface area contributed by atoms with Gasteiger partial charge in [0.15, 0.2) is 0 Å². The van der Waals surface area contributed by atoms with Gasteiger partial charge in [-0.05, 0) is 81.3 Å². The lowest BCUT2D eigenvalue weighted by molar-refractivity contribution is -0.139. The first kappa shape index (κ1) is 35.2. The van der Waals surface area contributed by atoms with E-state index in [-0.39, 0.29) is 24.3 Å². The molecule has 4 N–H and O–H groups in total. The maximum absolute atomic E-state index is 13.5. The van der Waals surface area contributed by atoms with Crippen LogP contribution in [0.4, 0.5) is 5.69 Å². The summed E-state index contributed by atoms with van der Waals surface area (Å²) in [4.78, 5) is 42.0. The molecule has 8 nitrogen and oxygen atoms in total. The second-order valence-corrected chi connectivity index (χ2v) is 11.8. The molecule has 3 amide bonds. The quantitative estimate of drug-likeness (QED) is 0.109. The molecule has 0 aromatic heterocycles.